The zero-order valence-electron chi connectivity index (χ0n) is 11.0. The van der Waals surface area contributed by atoms with E-state index in [0.29, 0.717) is 28.5 Å². The van der Waals surface area contributed by atoms with Gasteiger partial charge in [0.1, 0.15) is 11.6 Å². The minimum atomic E-state index is -0.605. The molecule has 0 saturated carbocycles. The maximum Gasteiger partial charge on any atom is 0.129 e. The van der Waals surface area contributed by atoms with Crippen LogP contribution in [-0.2, 0) is 12.8 Å². The first-order valence-corrected chi connectivity index (χ1v) is 7.09. The molecular weight excluding hydrogens is 317 g/mol. The molecular formula is C15H14Cl2F2N2. The van der Waals surface area contributed by atoms with Crippen LogP contribution in [-0.4, -0.2) is 6.04 Å². The Bertz CT molecular complexity index is 635. The molecule has 112 valence electrons. The number of hydrogen-bond acceptors (Lipinski definition) is 2. The largest absolute Gasteiger partial charge is 0.271 e. The van der Waals surface area contributed by atoms with Gasteiger partial charge in [-0.3, -0.25) is 11.3 Å². The second-order valence-corrected chi connectivity index (χ2v) is 5.59. The van der Waals surface area contributed by atoms with Crippen molar-refractivity contribution in [3.63, 3.8) is 0 Å². The molecule has 0 spiro atoms. The zero-order valence-corrected chi connectivity index (χ0v) is 12.6. The average Bonchev–Trinajstić information content (AvgIpc) is 2.44. The lowest BCUT2D eigenvalue weighted by atomic mass is 9.99. The van der Waals surface area contributed by atoms with E-state index in [1.807, 2.05) is 0 Å². The number of benzene rings is 2. The van der Waals surface area contributed by atoms with Gasteiger partial charge in [-0.25, -0.2) is 8.78 Å². The molecule has 0 heterocycles. The number of hydrazine groups is 1. The van der Waals surface area contributed by atoms with Crippen LogP contribution in [0.15, 0.2) is 36.4 Å². The molecule has 2 rings (SSSR count). The predicted octanol–water partition coefficient (Wildman–Crippen LogP) is 3.89. The standard InChI is InChI=1S/C15H14Cl2F2N2/c16-11-2-4-14(17)10(5-11)7-13(21-20)6-9-1-3-12(18)8-15(9)19/h1-5,8,13,21H,6-7,20H2. The van der Waals surface area contributed by atoms with Crippen molar-refractivity contribution in [2.45, 2.75) is 18.9 Å². The number of nitrogens with two attached hydrogens (primary N) is 1. The summed E-state index contributed by atoms with van der Waals surface area (Å²) in [5.74, 6) is 4.32. The van der Waals surface area contributed by atoms with Gasteiger partial charge in [0.2, 0.25) is 0 Å². The van der Waals surface area contributed by atoms with E-state index in [1.54, 1.807) is 18.2 Å². The van der Waals surface area contributed by atoms with Crippen LogP contribution < -0.4 is 11.3 Å². The highest BCUT2D eigenvalue weighted by molar-refractivity contribution is 6.33. The van der Waals surface area contributed by atoms with E-state index in [1.165, 1.54) is 12.1 Å². The third-order valence-corrected chi connectivity index (χ3v) is 3.80. The second kappa shape index (κ2) is 7.18. The smallest absolute Gasteiger partial charge is 0.129 e. The monoisotopic (exact) mass is 330 g/mol. The SMILES string of the molecule is NNC(Cc1ccc(F)cc1F)Cc1cc(Cl)ccc1Cl. The molecule has 0 amide bonds. The van der Waals surface area contributed by atoms with Crippen LogP contribution in [0.3, 0.4) is 0 Å². The Hall–Kier alpha value is -1.20. The summed E-state index contributed by atoms with van der Waals surface area (Å²) in [5.41, 5.74) is 3.83. The summed E-state index contributed by atoms with van der Waals surface area (Å²) in [6.07, 6.45) is 0.790. The molecule has 0 saturated heterocycles. The quantitative estimate of drug-likeness (QED) is 0.644. The van der Waals surface area contributed by atoms with E-state index in [9.17, 15) is 8.78 Å². The predicted molar refractivity (Wildman–Crippen MR) is 81.3 cm³/mol. The Kier molecular flexibility index (Phi) is 5.53. The normalized spacial score (nSPS) is 12.4. The molecule has 0 aliphatic carbocycles. The van der Waals surface area contributed by atoms with Crippen molar-refractivity contribution in [3.05, 3.63) is 69.2 Å². The van der Waals surface area contributed by atoms with Crippen molar-refractivity contribution in [2.24, 2.45) is 5.84 Å². The molecule has 2 nitrogen and oxygen atoms in total. The van der Waals surface area contributed by atoms with E-state index >= 15 is 0 Å². The first-order valence-electron chi connectivity index (χ1n) is 6.33. The molecule has 3 N–H and O–H groups in total. The molecule has 1 unspecified atom stereocenters. The number of nitrogens with one attached hydrogen (secondary N) is 1. The molecule has 0 fully saturated rings. The summed E-state index contributed by atoms with van der Waals surface area (Å²) < 4.78 is 26.6. The molecule has 0 aliphatic heterocycles. The Morgan fingerprint density at radius 1 is 1.00 bits per heavy atom. The van der Waals surface area contributed by atoms with Gasteiger partial charge in [0.15, 0.2) is 0 Å². The highest BCUT2D eigenvalue weighted by Crippen LogP contribution is 2.23. The minimum absolute atomic E-state index is 0.249. The lowest BCUT2D eigenvalue weighted by molar-refractivity contribution is 0.502. The van der Waals surface area contributed by atoms with Crippen molar-refractivity contribution in [1.29, 1.82) is 0 Å². The maximum atomic E-state index is 13.7. The fourth-order valence-electron chi connectivity index (χ4n) is 2.11. The molecule has 0 radical (unpaired) electrons. The van der Waals surface area contributed by atoms with Gasteiger partial charge >= 0.3 is 0 Å². The molecule has 1 atom stereocenters. The Balaban J connectivity index is 2.14. The average molecular weight is 331 g/mol. The van der Waals surface area contributed by atoms with E-state index in [2.05, 4.69) is 5.43 Å². The van der Waals surface area contributed by atoms with Crippen LogP contribution in [0.25, 0.3) is 0 Å². The summed E-state index contributed by atoms with van der Waals surface area (Å²) >= 11 is 12.0. The van der Waals surface area contributed by atoms with Crippen LogP contribution in [0.2, 0.25) is 10.0 Å². The van der Waals surface area contributed by atoms with Crippen LogP contribution in [0.4, 0.5) is 8.78 Å². The van der Waals surface area contributed by atoms with Crippen molar-refractivity contribution >= 4 is 23.2 Å². The van der Waals surface area contributed by atoms with Crippen molar-refractivity contribution in [1.82, 2.24) is 5.43 Å². The van der Waals surface area contributed by atoms with Gasteiger partial charge in [0.05, 0.1) is 0 Å². The molecule has 21 heavy (non-hydrogen) atoms. The van der Waals surface area contributed by atoms with Gasteiger partial charge in [0, 0.05) is 22.2 Å². The number of hydrogen-bond donors (Lipinski definition) is 2. The fraction of sp³-hybridized carbons (Fsp3) is 0.200. The van der Waals surface area contributed by atoms with Gasteiger partial charge in [-0.2, -0.15) is 0 Å². The molecule has 2 aromatic carbocycles. The topological polar surface area (TPSA) is 38.0 Å². The van der Waals surface area contributed by atoms with E-state index < -0.39 is 11.6 Å². The Morgan fingerprint density at radius 2 is 1.71 bits per heavy atom. The van der Waals surface area contributed by atoms with Gasteiger partial charge in [-0.05, 0) is 48.2 Å². The fourth-order valence-corrected chi connectivity index (χ4v) is 2.50. The lowest BCUT2D eigenvalue weighted by Gasteiger charge is -2.17. The van der Waals surface area contributed by atoms with Gasteiger partial charge < -0.3 is 0 Å². The van der Waals surface area contributed by atoms with Gasteiger partial charge in [0.25, 0.3) is 0 Å². The second-order valence-electron chi connectivity index (χ2n) is 4.74. The maximum absolute atomic E-state index is 13.7. The molecule has 0 aromatic heterocycles. The first-order chi connectivity index (χ1) is 9.99. The van der Waals surface area contributed by atoms with Gasteiger partial charge in [-0.1, -0.05) is 29.3 Å². The molecule has 0 aliphatic rings. The number of rotatable bonds is 5. The Morgan fingerprint density at radius 3 is 2.38 bits per heavy atom. The van der Waals surface area contributed by atoms with E-state index in [0.717, 1.165) is 11.6 Å². The highest BCUT2D eigenvalue weighted by Gasteiger charge is 2.14. The van der Waals surface area contributed by atoms with Crippen molar-refractivity contribution in [2.75, 3.05) is 0 Å². The van der Waals surface area contributed by atoms with Crippen LogP contribution >= 0.6 is 23.2 Å². The molecule has 6 heteroatoms. The minimum Gasteiger partial charge on any atom is -0.271 e. The summed E-state index contributed by atoms with van der Waals surface area (Å²) in [5, 5.41) is 1.14. The summed E-state index contributed by atoms with van der Waals surface area (Å²) in [6.45, 7) is 0. The summed E-state index contributed by atoms with van der Waals surface area (Å²) in [7, 11) is 0. The van der Waals surface area contributed by atoms with E-state index in [4.69, 9.17) is 29.0 Å². The van der Waals surface area contributed by atoms with Crippen molar-refractivity contribution in [3.8, 4) is 0 Å². The first kappa shape index (κ1) is 16.2. The molecule has 2 aromatic rings. The summed E-state index contributed by atoms with van der Waals surface area (Å²) in [4.78, 5) is 0. The van der Waals surface area contributed by atoms with Crippen LogP contribution in [0.1, 0.15) is 11.1 Å². The van der Waals surface area contributed by atoms with Crippen molar-refractivity contribution < 1.29 is 8.78 Å². The van der Waals surface area contributed by atoms with E-state index in [-0.39, 0.29) is 6.04 Å². The van der Waals surface area contributed by atoms with Crippen LogP contribution in [0.5, 0.6) is 0 Å². The highest BCUT2D eigenvalue weighted by atomic mass is 35.5. The number of halogens is 4. The van der Waals surface area contributed by atoms with Gasteiger partial charge in [-0.15, -0.1) is 0 Å². The van der Waals surface area contributed by atoms with Crippen LogP contribution in [0, 0.1) is 11.6 Å². The zero-order chi connectivity index (χ0) is 15.4. The Labute approximate surface area is 131 Å². The lowest BCUT2D eigenvalue weighted by Crippen LogP contribution is -2.38. The third kappa shape index (κ3) is 4.38. The summed E-state index contributed by atoms with van der Waals surface area (Å²) in [6, 6.07) is 8.38. The third-order valence-electron chi connectivity index (χ3n) is 3.19. The molecule has 0 bridgehead atoms.